The van der Waals surface area contributed by atoms with Crippen LogP contribution in [0.1, 0.15) is 130 Å². The second kappa shape index (κ2) is 49.7. The van der Waals surface area contributed by atoms with Crippen LogP contribution in [0.4, 0.5) is 0 Å². The van der Waals surface area contributed by atoms with Crippen LogP contribution in [0.25, 0.3) is 0 Å². The summed E-state index contributed by atoms with van der Waals surface area (Å²) < 4.78 is 0. The van der Waals surface area contributed by atoms with Gasteiger partial charge in [0, 0.05) is 0 Å². The molecule has 0 saturated heterocycles. The molecule has 0 atom stereocenters. The van der Waals surface area contributed by atoms with Gasteiger partial charge in [-0.2, -0.15) is 0 Å². The number of unbranched alkanes of at least 4 members (excludes halogenated alkanes) is 14. The highest BCUT2D eigenvalue weighted by atomic mass is 35.5. The molecule has 164 valence electrons. The number of halogens is 2. The van der Waals surface area contributed by atoms with Gasteiger partial charge in [0.15, 0.2) is 0 Å². The molecule has 0 amide bonds. The molecule has 0 fully saturated rings. The highest BCUT2D eigenvalue weighted by molar-refractivity contribution is 5.85. The summed E-state index contributed by atoms with van der Waals surface area (Å²) in [5.41, 5.74) is 0. The van der Waals surface area contributed by atoms with Crippen LogP contribution in [-0.2, 0) is 0 Å². The molecule has 0 aromatic heterocycles. The molecule has 5 heteroatoms. The fraction of sp³-hybridized carbons (Fsp3) is 1.00. The van der Waals surface area contributed by atoms with E-state index in [2.05, 4.69) is 27.7 Å². The molecular formula is C20H52Cl2O3. The minimum Gasteiger partial charge on any atom is -0.412 e. The third-order valence-electron chi connectivity index (χ3n) is 3.91. The molecule has 0 aliphatic heterocycles. The van der Waals surface area contributed by atoms with Crippen LogP contribution in [-0.4, -0.2) is 16.4 Å². The van der Waals surface area contributed by atoms with Crippen molar-refractivity contribution in [3.05, 3.63) is 0 Å². The lowest BCUT2D eigenvalue weighted by molar-refractivity contribution is 0.585. The third kappa shape index (κ3) is 59.0. The Labute approximate surface area is 171 Å². The van der Waals surface area contributed by atoms with Gasteiger partial charge in [-0.25, -0.2) is 0 Å². The summed E-state index contributed by atoms with van der Waals surface area (Å²) in [5, 5.41) is 0. The number of rotatable bonds is 14. The smallest absolute Gasteiger partial charge is 0.0533 e. The molecule has 0 unspecified atom stereocenters. The topological polar surface area (TPSA) is 94.5 Å². The lowest BCUT2D eigenvalue weighted by Crippen LogP contribution is -1.77. The predicted molar refractivity (Wildman–Crippen MR) is 122 cm³/mol. The molecule has 25 heavy (non-hydrogen) atoms. The van der Waals surface area contributed by atoms with Crippen molar-refractivity contribution in [2.75, 3.05) is 0 Å². The van der Waals surface area contributed by atoms with Crippen molar-refractivity contribution >= 4 is 24.8 Å². The van der Waals surface area contributed by atoms with Gasteiger partial charge >= 0.3 is 0 Å². The van der Waals surface area contributed by atoms with Gasteiger partial charge in [-0.15, -0.1) is 24.8 Å². The second-order valence-corrected chi connectivity index (χ2v) is 6.24. The minimum atomic E-state index is 0. The maximum Gasteiger partial charge on any atom is -0.0533 e. The van der Waals surface area contributed by atoms with E-state index < -0.39 is 0 Å². The largest absolute Gasteiger partial charge is 0.412 e. The van der Waals surface area contributed by atoms with Gasteiger partial charge in [0.1, 0.15) is 0 Å². The molecule has 0 aliphatic rings. The van der Waals surface area contributed by atoms with Crippen LogP contribution in [0.3, 0.4) is 0 Å². The summed E-state index contributed by atoms with van der Waals surface area (Å²) in [6.07, 6.45) is 22.9. The van der Waals surface area contributed by atoms with Crippen LogP contribution < -0.4 is 0 Å². The zero-order chi connectivity index (χ0) is 15.3. The Morgan fingerprint density at radius 2 is 0.400 bits per heavy atom. The van der Waals surface area contributed by atoms with Crippen LogP contribution in [0.15, 0.2) is 0 Å². The normalized spacial score (nSPS) is 8.16. The summed E-state index contributed by atoms with van der Waals surface area (Å²) in [6.45, 7) is 9.08. The van der Waals surface area contributed by atoms with Crippen molar-refractivity contribution in [3.63, 3.8) is 0 Å². The van der Waals surface area contributed by atoms with E-state index in [-0.39, 0.29) is 41.2 Å². The molecule has 0 rings (SSSR count). The highest BCUT2D eigenvalue weighted by Gasteiger charge is 1.88. The molecule has 0 aliphatic carbocycles. The SMILES string of the molecule is CCCCCCCCCC.CCCCCCCCCC.Cl.Cl.O.O.O. The molecular weight excluding hydrogens is 359 g/mol. The molecule has 6 N–H and O–H groups in total. The maximum absolute atomic E-state index is 2.27. The molecule has 0 saturated carbocycles. The summed E-state index contributed by atoms with van der Waals surface area (Å²) in [4.78, 5) is 0. The summed E-state index contributed by atoms with van der Waals surface area (Å²) >= 11 is 0. The molecule has 0 spiro atoms. The fourth-order valence-electron chi connectivity index (χ4n) is 2.41. The Kier molecular flexibility index (Phi) is 88.8. The van der Waals surface area contributed by atoms with E-state index in [0.29, 0.717) is 0 Å². The first-order valence-corrected chi connectivity index (χ1v) is 9.83. The first-order valence-electron chi connectivity index (χ1n) is 9.83. The Morgan fingerprint density at radius 1 is 0.280 bits per heavy atom. The van der Waals surface area contributed by atoms with Gasteiger partial charge in [0.2, 0.25) is 0 Å². The second-order valence-electron chi connectivity index (χ2n) is 6.24. The predicted octanol–water partition coefficient (Wildman–Crippen LogP) is 6.66. The van der Waals surface area contributed by atoms with Crippen LogP contribution >= 0.6 is 24.8 Å². The Bertz CT molecular complexity index is 119. The van der Waals surface area contributed by atoms with Gasteiger partial charge in [0.25, 0.3) is 0 Å². The quantitative estimate of drug-likeness (QED) is 0.286. The van der Waals surface area contributed by atoms with Gasteiger partial charge in [0.05, 0.1) is 0 Å². The number of hydrogen-bond acceptors (Lipinski definition) is 0. The van der Waals surface area contributed by atoms with E-state index in [9.17, 15) is 0 Å². The lowest BCUT2D eigenvalue weighted by Gasteiger charge is -1.97. The molecule has 0 radical (unpaired) electrons. The van der Waals surface area contributed by atoms with Gasteiger partial charge in [-0.3, -0.25) is 0 Å². The molecule has 0 heterocycles. The first kappa shape index (κ1) is 44.7. The molecule has 0 bridgehead atoms. The van der Waals surface area contributed by atoms with Gasteiger partial charge < -0.3 is 16.4 Å². The Hall–Kier alpha value is 0.460. The van der Waals surface area contributed by atoms with Crippen molar-refractivity contribution in [3.8, 4) is 0 Å². The monoisotopic (exact) mass is 410 g/mol. The number of hydrogen-bond donors (Lipinski definition) is 0. The van der Waals surface area contributed by atoms with E-state index >= 15 is 0 Å². The summed E-state index contributed by atoms with van der Waals surface area (Å²) in [7, 11) is 0. The average Bonchev–Trinajstić information content (AvgIpc) is 2.47. The Morgan fingerprint density at radius 3 is 0.520 bits per heavy atom. The van der Waals surface area contributed by atoms with E-state index in [4.69, 9.17) is 0 Å². The van der Waals surface area contributed by atoms with E-state index in [1.807, 2.05) is 0 Å². The van der Waals surface area contributed by atoms with Gasteiger partial charge in [-0.1, -0.05) is 130 Å². The van der Waals surface area contributed by atoms with Gasteiger partial charge in [-0.05, 0) is 0 Å². The van der Waals surface area contributed by atoms with Crippen molar-refractivity contribution in [1.29, 1.82) is 0 Å². The van der Waals surface area contributed by atoms with E-state index in [1.165, 1.54) is 103 Å². The van der Waals surface area contributed by atoms with Crippen LogP contribution in [0.2, 0.25) is 0 Å². The van der Waals surface area contributed by atoms with E-state index in [1.54, 1.807) is 0 Å². The maximum atomic E-state index is 2.27. The minimum absolute atomic E-state index is 0. The first-order chi connectivity index (χ1) is 9.83. The summed E-state index contributed by atoms with van der Waals surface area (Å²) in [5.74, 6) is 0. The summed E-state index contributed by atoms with van der Waals surface area (Å²) in [6, 6.07) is 0. The molecule has 0 aromatic rings. The lowest BCUT2D eigenvalue weighted by atomic mass is 10.1. The Balaban J connectivity index is -0.0000000432. The zero-order valence-electron chi connectivity index (χ0n) is 17.6. The van der Waals surface area contributed by atoms with Crippen molar-refractivity contribution in [1.82, 2.24) is 0 Å². The van der Waals surface area contributed by atoms with Crippen molar-refractivity contribution < 1.29 is 16.4 Å². The molecule has 0 aromatic carbocycles. The van der Waals surface area contributed by atoms with Crippen LogP contribution in [0, 0.1) is 0 Å². The van der Waals surface area contributed by atoms with Crippen LogP contribution in [0.5, 0.6) is 0 Å². The zero-order valence-corrected chi connectivity index (χ0v) is 19.3. The molecule has 3 nitrogen and oxygen atoms in total. The average molecular weight is 412 g/mol. The van der Waals surface area contributed by atoms with E-state index in [0.717, 1.165) is 0 Å². The van der Waals surface area contributed by atoms with Crippen molar-refractivity contribution in [2.24, 2.45) is 0 Å². The third-order valence-corrected chi connectivity index (χ3v) is 3.91. The standard InChI is InChI=1S/2C10H22.2ClH.3H2O/c2*1-3-5-7-9-10-8-6-4-2;;;;;/h2*3-10H2,1-2H3;2*1H;3*1H2. The highest BCUT2D eigenvalue weighted by Crippen LogP contribution is 2.08. The fourth-order valence-corrected chi connectivity index (χ4v) is 2.41. The van der Waals surface area contributed by atoms with Crippen molar-refractivity contribution in [2.45, 2.75) is 130 Å².